The van der Waals surface area contributed by atoms with Crippen LogP contribution in [-0.4, -0.2) is 22.7 Å². The van der Waals surface area contributed by atoms with E-state index in [9.17, 15) is 0 Å². The van der Waals surface area contributed by atoms with Crippen LogP contribution in [0.15, 0.2) is 18.3 Å². The van der Waals surface area contributed by atoms with E-state index in [1.807, 2.05) is 30.0 Å². The summed E-state index contributed by atoms with van der Waals surface area (Å²) >= 11 is 2.01. The zero-order chi connectivity index (χ0) is 5.98. The summed E-state index contributed by atoms with van der Waals surface area (Å²) in [6.45, 7) is 2.06. The van der Waals surface area contributed by atoms with E-state index in [2.05, 4.69) is 18.0 Å². The normalized spacial score (nSPS) is 9.38. The quantitative estimate of drug-likeness (QED) is 0.423. The fourth-order valence-electron chi connectivity index (χ4n) is 0.565. The third kappa shape index (κ3) is 1.12. The van der Waals surface area contributed by atoms with Crippen molar-refractivity contribution in [1.82, 2.24) is 4.98 Å². The molecule has 36 valence electrons. The van der Waals surface area contributed by atoms with E-state index in [4.69, 9.17) is 0 Å². The first-order valence-corrected chi connectivity index (χ1v) is 2.69. The number of aryl methyl sites for hydroxylation is 1. The second-order valence-corrected chi connectivity index (χ2v) is 1.91. The van der Waals surface area contributed by atoms with Gasteiger partial charge in [0.05, 0.1) is 0 Å². The Hall–Kier alpha value is -0.253. The van der Waals surface area contributed by atoms with E-state index in [0.717, 1.165) is 4.37 Å². The Morgan fingerprint density at radius 1 is 1.62 bits per heavy atom. The molecule has 1 heterocycles. The van der Waals surface area contributed by atoms with Crippen molar-refractivity contribution in [3.05, 3.63) is 23.9 Å². The molecule has 8 heavy (non-hydrogen) atoms. The van der Waals surface area contributed by atoms with E-state index >= 15 is 0 Å². The molecule has 0 saturated heterocycles. The molecule has 1 aromatic heterocycles. The van der Waals surface area contributed by atoms with Crippen molar-refractivity contribution >= 4 is 22.1 Å². The molecule has 0 atom stereocenters. The van der Waals surface area contributed by atoms with Gasteiger partial charge >= 0.3 is 57.9 Å². The van der Waals surface area contributed by atoms with Gasteiger partial charge in [0.2, 0.25) is 0 Å². The van der Waals surface area contributed by atoms with E-state index in [1.54, 1.807) is 0 Å². The zero-order valence-corrected chi connectivity index (χ0v) is 5.18. The standard InChI is InChI=1S/C6H6N.Li/c1-6-3-2-4-7-5-6;/h2-4H,1H3;. The summed E-state index contributed by atoms with van der Waals surface area (Å²) < 4.78 is 1.12. The van der Waals surface area contributed by atoms with Crippen LogP contribution in [0.4, 0.5) is 0 Å². The van der Waals surface area contributed by atoms with Crippen LogP contribution in [0.1, 0.15) is 5.56 Å². The molecule has 0 fully saturated rings. The average Bonchev–Trinajstić information content (AvgIpc) is 1.77. The molecule has 1 rings (SSSR count). The molecular formula is C6H6LiN. The van der Waals surface area contributed by atoms with Crippen molar-refractivity contribution in [1.29, 1.82) is 0 Å². The monoisotopic (exact) mass is 99.1 g/mol. The minimum atomic E-state index is 1.12. The van der Waals surface area contributed by atoms with Crippen LogP contribution in [-0.2, 0) is 0 Å². The maximum atomic E-state index is 4.08. The fraction of sp³-hybridized carbons (Fsp3) is 0.167. The van der Waals surface area contributed by atoms with Gasteiger partial charge < -0.3 is 0 Å². The van der Waals surface area contributed by atoms with Crippen molar-refractivity contribution < 1.29 is 0 Å². The van der Waals surface area contributed by atoms with Crippen LogP contribution in [0.25, 0.3) is 0 Å². The van der Waals surface area contributed by atoms with Crippen LogP contribution in [0.2, 0.25) is 0 Å². The second kappa shape index (κ2) is 2.35. The molecule has 0 spiro atoms. The number of pyridine rings is 1. The van der Waals surface area contributed by atoms with E-state index < -0.39 is 0 Å². The summed E-state index contributed by atoms with van der Waals surface area (Å²) in [5, 5.41) is 0. The van der Waals surface area contributed by atoms with Crippen molar-refractivity contribution in [2.24, 2.45) is 0 Å². The molecular weight excluding hydrogens is 93.0 g/mol. The number of nitrogens with zero attached hydrogens (tertiary/aromatic N) is 1. The maximum absolute atomic E-state index is 4.08. The van der Waals surface area contributed by atoms with Gasteiger partial charge in [-0.1, -0.05) is 0 Å². The summed E-state index contributed by atoms with van der Waals surface area (Å²) in [5.74, 6) is 0. The number of aromatic nitrogens is 1. The molecule has 0 amide bonds. The van der Waals surface area contributed by atoms with Crippen molar-refractivity contribution in [3.63, 3.8) is 0 Å². The molecule has 2 heteroatoms. The van der Waals surface area contributed by atoms with Crippen molar-refractivity contribution in [3.8, 4) is 0 Å². The molecule has 1 aromatic rings. The Labute approximate surface area is 58.3 Å². The van der Waals surface area contributed by atoms with Gasteiger partial charge in [-0.05, 0) is 0 Å². The number of hydrogen-bond donors (Lipinski definition) is 0. The molecule has 0 saturated carbocycles. The van der Waals surface area contributed by atoms with E-state index in [0.29, 0.717) is 0 Å². The first-order valence-electron chi connectivity index (χ1n) is 2.69. The average molecular weight is 99.1 g/mol. The van der Waals surface area contributed by atoms with Gasteiger partial charge in [0, 0.05) is 0 Å². The van der Waals surface area contributed by atoms with Gasteiger partial charge in [-0.15, -0.1) is 0 Å². The number of hydrogen-bond acceptors (Lipinski definition) is 1. The Morgan fingerprint density at radius 3 is 2.75 bits per heavy atom. The van der Waals surface area contributed by atoms with Crippen molar-refractivity contribution in [2.45, 2.75) is 6.92 Å². The molecule has 0 bridgehead atoms. The van der Waals surface area contributed by atoms with Crippen molar-refractivity contribution in [2.75, 3.05) is 0 Å². The third-order valence-electron chi connectivity index (χ3n) is 1.27. The van der Waals surface area contributed by atoms with Crippen LogP contribution < -0.4 is 4.37 Å². The summed E-state index contributed by atoms with van der Waals surface area (Å²) in [7, 11) is 0. The summed E-state index contributed by atoms with van der Waals surface area (Å²) in [5.41, 5.74) is 1.26. The van der Waals surface area contributed by atoms with Crippen LogP contribution in [0.5, 0.6) is 0 Å². The topological polar surface area (TPSA) is 12.9 Å². The first kappa shape index (κ1) is 5.88. The molecule has 0 aliphatic heterocycles. The predicted molar refractivity (Wildman–Crippen MR) is 34.4 cm³/mol. The Morgan fingerprint density at radius 2 is 2.38 bits per heavy atom. The molecule has 0 N–H and O–H groups in total. The van der Waals surface area contributed by atoms with E-state index in [1.165, 1.54) is 5.56 Å². The van der Waals surface area contributed by atoms with Gasteiger partial charge in [-0.25, -0.2) is 0 Å². The predicted octanol–water partition coefficient (Wildman–Crippen LogP) is 0.184. The molecule has 1 nitrogen and oxygen atoms in total. The minimum absolute atomic E-state index is 1.12. The Kier molecular flexibility index (Phi) is 1.72. The summed E-state index contributed by atoms with van der Waals surface area (Å²) in [6, 6.07) is 4.00. The molecule has 0 aliphatic rings. The van der Waals surface area contributed by atoms with Gasteiger partial charge in [0.15, 0.2) is 0 Å². The molecule has 0 radical (unpaired) electrons. The van der Waals surface area contributed by atoms with Gasteiger partial charge in [0.25, 0.3) is 0 Å². The van der Waals surface area contributed by atoms with Crippen LogP contribution in [0, 0.1) is 6.92 Å². The molecule has 0 aliphatic carbocycles. The van der Waals surface area contributed by atoms with Gasteiger partial charge in [-0.3, -0.25) is 0 Å². The van der Waals surface area contributed by atoms with Gasteiger partial charge in [0.1, 0.15) is 0 Å². The Balaban J connectivity index is 3.13. The second-order valence-electron chi connectivity index (χ2n) is 1.91. The number of rotatable bonds is 0. The zero-order valence-electron chi connectivity index (χ0n) is 5.18. The van der Waals surface area contributed by atoms with Crippen LogP contribution >= 0.6 is 0 Å². The van der Waals surface area contributed by atoms with Crippen LogP contribution in [0.3, 0.4) is 0 Å². The van der Waals surface area contributed by atoms with E-state index in [-0.39, 0.29) is 0 Å². The fourth-order valence-corrected chi connectivity index (χ4v) is 0.565. The van der Waals surface area contributed by atoms with Gasteiger partial charge in [-0.2, -0.15) is 0 Å². The molecule has 0 unspecified atom stereocenters. The SMILES string of the molecule is [Li][c]1ncccc1C. The molecule has 0 aromatic carbocycles. The summed E-state index contributed by atoms with van der Waals surface area (Å²) in [6.07, 6.45) is 1.81. The Bertz CT molecular complexity index is 165. The first-order chi connectivity index (χ1) is 3.80. The third-order valence-corrected chi connectivity index (χ3v) is 1.27. The summed E-state index contributed by atoms with van der Waals surface area (Å²) in [4.78, 5) is 4.08.